The number of fused-ring (bicyclic) bond motifs is 19. The van der Waals surface area contributed by atoms with Crippen molar-refractivity contribution >= 4 is 207 Å². The summed E-state index contributed by atoms with van der Waals surface area (Å²) in [5.74, 6) is 0. The summed E-state index contributed by atoms with van der Waals surface area (Å²) in [5.41, 5.74) is 35.3. The van der Waals surface area contributed by atoms with Gasteiger partial charge in [0, 0.05) is 126 Å². The third-order valence-electron chi connectivity index (χ3n) is 30.1. The average molecular weight is 1930 g/mol. The molecule has 0 saturated heterocycles. The number of aromatic nitrogens is 2. The molecular weight excluding hydrogens is 1830 g/mol. The van der Waals surface area contributed by atoms with Crippen LogP contribution in [0.4, 0.5) is 68.2 Å². The molecule has 0 radical (unpaired) electrons. The molecule has 0 unspecified atom stereocenters. The van der Waals surface area contributed by atoms with Crippen molar-refractivity contribution in [2.45, 2.75) is 52.4 Å². The molecule has 22 aromatic carbocycles. The second-order valence-corrected chi connectivity index (χ2v) is 43.2. The Labute approximate surface area is 869 Å². The molecule has 0 N–H and O–H groups in total. The lowest BCUT2D eigenvalue weighted by Crippen LogP contribution is -2.13. The van der Waals surface area contributed by atoms with E-state index in [9.17, 15) is 0 Å². The molecule has 0 bridgehead atoms. The average Bonchev–Trinajstić information content (AvgIpc) is 1.52. The molecule has 28 aromatic rings. The van der Waals surface area contributed by atoms with Crippen LogP contribution >= 0.6 is 22.7 Å². The Morgan fingerprint density at radius 2 is 0.473 bits per heavy atom. The van der Waals surface area contributed by atoms with Gasteiger partial charge in [-0.3, -0.25) is 8.80 Å². The number of hydrogen-bond donors (Lipinski definition) is 0. The van der Waals surface area contributed by atoms with E-state index in [0.29, 0.717) is 0 Å². The summed E-state index contributed by atoms with van der Waals surface area (Å²) in [5, 5.41) is 17.5. The van der Waals surface area contributed by atoms with Crippen LogP contribution in [-0.4, -0.2) is 8.80 Å². The molecule has 0 aliphatic heterocycles. The smallest absolute Gasteiger partial charge is 0.109 e. The first-order valence-corrected chi connectivity index (χ1v) is 52.8. The van der Waals surface area contributed by atoms with Crippen molar-refractivity contribution in [2.24, 2.45) is 0 Å². The van der Waals surface area contributed by atoms with E-state index < -0.39 is 0 Å². The van der Waals surface area contributed by atoms with E-state index in [1.165, 1.54) is 200 Å². The minimum absolute atomic E-state index is 0.0353. The molecular formula is C140H102N6S2. The van der Waals surface area contributed by atoms with Gasteiger partial charge in [0.15, 0.2) is 0 Å². The van der Waals surface area contributed by atoms with Gasteiger partial charge in [0.25, 0.3) is 0 Å². The third-order valence-corrected chi connectivity index (χ3v) is 32.4. The molecule has 0 amide bonds. The lowest BCUT2D eigenvalue weighted by atomic mass is 9.87. The summed E-state index contributed by atoms with van der Waals surface area (Å²) in [6.45, 7) is 13.7. The predicted octanol–water partition coefficient (Wildman–Crippen LogP) is 40.9. The van der Waals surface area contributed by atoms with Crippen LogP contribution in [-0.2, 0) is 10.8 Å². The van der Waals surface area contributed by atoms with E-state index in [1.807, 2.05) is 22.7 Å². The topological polar surface area (TPSA) is 21.8 Å². The molecule has 28 rings (SSSR count). The van der Waals surface area contributed by atoms with Crippen molar-refractivity contribution in [2.75, 3.05) is 19.6 Å². The second-order valence-electron chi connectivity index (χ2n) is 41.1. The maximum absolute atomic E-state index is 2.62. The van der Waals surface area contributed by atoms with Gasteiger partial charge in [0.2, 0.25) is 0 Å². The summed E-state index contributed by atoms with van der Waals surface area (Å²) < 4.78 is 7.77. The Morgan fingerprint density at radius 3 is 0.899 bits per heavy atom. The van der Waals surface area contributed by atoms with Crippen molar-refractivity contribution in [3.63, 3.8) is 0 Å². The highest BCUT2D eigenvalue weighted by molar-refractivity contribution is 7.26. The van der Waals surface area contributed by atoms with Crippen molar-refractivity contribution < 1.29 is 0 Å². The zero-order valence-corrected chi connectivity index (χ0v) is 84.6. The van der Waals surface area contributed by atoms with Gasteiger partial charge in [-0.15, -0.1) is 22.7 Å². The van der Waals surface area contributed by atoms with Crippen LogP contribution in [0.3, 0.4) is 0 Å². The van der Waals surface area contributed by atoms with Crippen LogP contribution in [0.5, 0.6) is 0 Å². The van der Waals surface area contributed by atoms with Gasteiger partial charge in [0.05, 0.1) is 33.4 Å². The number of thiophene rings is 2. The fraction of sp³-hybridized carbons (Fsp3) is 0.0571. The van der Waals surface area contributed by atoms with E-state index in [-0.39, 0.29) is 10.8 Å². The van der Waals surface area contributed by atoms with E-state index in [1.54, 1.807) is 0 Å². The Kier molecular flexibility index (Phi) is 21.7. The van der Waals surface area contributed by atoms with Gasteiger partial charge in [-0.1, -0.05) is 393 Å². The number of nitrogens with zero attached hydrogens (tertiary/aromatic N) is 6. The Bertz CT molecular complexity index is 9730. The molecule has 148 heavy (non-hydrogen) atoms. The number of anilines is 12. The molecule has 6 heterocycles. The molecule has 704 valence electrons. The summed E-state index contributed by atoms with van der Waals surface area (Å²) in [7, 11) is 0. The maximum atomic E-state index is 2.62. The highest BCUT2D eigenvalue weighted by Crippen LogP contribution is 2.57. The first kappa shape index (κ1) is 89.0. The zero-order valence-electron chi connectivity index (χ0n) is 83.0. The quantitative estimate of drug-likeness (QED) is 0.0853. The second kappa shape index (κ2) is 36.1. The number of rotatable bonds is 18. The fourth-order valence-corrected chi connectivity index (χ4v) is 25.2. The van der Waals surface area contributed by atoms with E-state index in [4.69, 9.17) is 0 Å². The van der Waals surface area contributed by atoms with Crippen molar-refractivity contribution in [1.82, 2.24) is 8.80 Å². The lowest BCUT2D eigenvalue weighted by Gasteiger charge is -2.28. The molecule has 0 aliphatic carbocycles. The summed E-state index contributed by atoms with van der Waals surface area (Å²) >= 11 is 3.79. The van der Waals surface area contributed by atoms with Gasteiger partial charge >= 0.3 is 0 Å². The minimum Gasteiger partial charge on any atom is -0.310 e. The van der Waals surface area contributed by atoms with Crippen molar-refractivity contribution in [3.8, 4) is 66.8 Å². The highest BCUT2D eigenvalue weighted by Gasteiger charge is 2.33. The Hall–Kier alpha value is -17.9. The number of hydrogen-bond acceptors (Lipinski definition) is 6. The molecule has 6 nitrogen and oxygen atoms in total. The third kappa shape index (κ3) is 15.5. The van der Waals surface area contributed by atoms with Gasteiger partial charge < -0.3 is 19.6 Å². The van der Waals surface area contributed by atoms with Crippen LogP contribution in [0.25, 0.3) is 183 Å². The minimum atomic E-state index is 0.0353. The zero-order chi connectivity index (χ0) is 99.0. The summed E-state index contributed by atoms with van der Waals surface area (Å²) in [6, 6.07) is 188. The monoisotopic (exact) mass is 1930 g/mol. The summed E-state index contributed by atoms with van der Waals surface area (Å²) in [4.78, 5) is 12.3. The van der Waals surface area contributed by atoms with Crippen molar-refractivity contribution in [1.29, 1.82) is 0 Å². The molecule has 0 aliphatic rings. The van der Waals surface area contributed by atoms with Crippen LogP contribution in [0.1, 0.15) is 52.7 Å². The van der Waals surface area contributed by atoms with Gasteiger partial charge in [-0.05, 0) is 263 Å². The first-order chi connectivity index (χ1) is 72.7. The van der Waals surface area contributed by atoms with Crippen molar-refractivity contribution in [3.05, 3.63) is 521 Å². The predicted molar refractivity (Wildman–Crippen MR) is 637 cm³/mol. The summed E-state index contributed by atoms with van der Waals surface area (Å²) in [6.07, 6.45) is 0. The van der Waals surface area contributed by atoms with E-state index in [0.717, 1.165) is 62.6 Å². The molecule has 8 heteroatoms. The number of benzene rings is 22. The first-order valence-electron chi connectivity index (χ1n) is 51.1. The van der Waals surface area contributed by atoms with Crippen LogP contribution < -0.4 is 19.6 Å². The normalized spacial score (nSPS) is 12.0. The van der Waals surface area contributed by atoms with Gasteiger partial charge in [0.1, 0.15) is 9.66 Å². The molecule has 0 atom stereocenters. The van der Waals surface area contributed by atoms with Crippen LogP contribution in [0, 0.1) is 0 Å². The van der Waals surface area contributed by atoms with Gasteiger partial charge in [-0.2, -0.15) is 0 Å². The Balaban J connectivity index is 0.000000146. The molecule has 0 saturated carbocycles. The van der Waals surface area contributed by atoms with Gasteiger partial charge in [-0.25, -0.2) is 0 Å². The maximum Gasteiger partial charge on any atom is 0.109 e. The van der Waals surface area contributed by atoms with E-state index >= 15 is 0 Å². The lowest BCUT2D eigenvalue weighted by molar-refractivity contribution is 0.590. The standard InChI is InChI=1S/C72H47N3S.C68H55N3S/c1-5-19-48(20-6-1)53-27-15-31-57(43-53)73(58-32-16-28-54(44-58)49-21-7-2-8-22-49)61-39-37-52-38-40-62-63-41-42-66(69-68-64-35-13-14-36-67(64)76-72(68)75(71(63)69)70(62)65(52)47-61)74(59-33-17-29-55(45-59)50-23-9-3-10-24-50)60-34-18-30-56(46-60)51-25-11-4-12-26-51;1-67(2,3)50-26-35-53(36-27-50)69(52-30-21-46(22-31-52)44-15-9-7-10-16-44)56-34-25-48-42-59-57-39-40-60(64-63-58-19-13-14-20-62(58)72-66(63)71(65(57)64)61(59)43-49(48)41-56)70(55-37-28-51(29-38-55)68(4,5)6)54-32-23-47(24-33-54)45-17-11-8-12-18-45/h1-47H;7-43H,1-6H3. The molecule has 0 fully saturated rings. The fourth-order valence-electron chi connectivity index (χ4n) is 22.8. The van der Waals surface area contributed by atoms with Crippen LogP contribution in [0.2, 0.25) is 0 Å². The largest absolute Gasteiger partial charge is 0.310 e. The SMILES string of the molecule is CC(C)(C)c1ccc(N(c2ccc(-c3ccccc3)cc2)c2ccc3cc4c5ccc(N(c6ccc(-c7ccccc7)cc6)c6ccc(C(C)(C)C)cc6)c6c7c8ccccc8sc7n(c4cc3c2)c56)cc1.c1ccc(-c2cccc(N(c3cccc(-c4ccccc4)c3)c3ccc4ccc5c6ccc(N(c7cccc(-c8ccccc8)c7)c7cccc(-c8ccccc8)c7)c7c8c9ccccc9sc8n(c5c4c3)c67)c2)cc1. The molecule has 6 aromatic heterocycles. The van der Waals surface area contributed by atoms with E-state index in [2.05, 4.69) is 580 Å². The molecule has 0 spiro atoms. The highest BCUT2D eigenvalue weighted by atomic mass is 32.1. The van der Waals surface area contributed by atoms with Crippen LogP contribution in [0.15, 0.2) is 510 Å². The Morgan fingerprint density at radius 1 is 0.176 bits per heavy atom.